The summed E-state index contributed by atoms with van der Waals surface area (Å²) in [5.41, 5.74) is -1.89. The maximum absolute atomic E-state index is 12.4. The first-order chi connectivity index (χ1) is 7.83. The third-order valence-electron chi connectivity index (χ3n) is 2.75. The van der Waals surface area contributed by atoms with Crippen molar-refractivity contribution in [3.63, 3.8) is 0 Å². The first kappa shape index (κ1) is 11.9. The highest BCUT2D eigenvalue weighted by Crippen LogP contribution is 2.31. The van der Waals surface area contributed by atoms with Crippen LogP contribution in [0.25, 0.3) is 0 Å². The Bertz CT molecular complexity index is 437. The molecule has 0 unspecified atom stereocenters. The molecule has 1 aromatic heterocycles. The van der Waals surface area contributed by atoms with Crippen molar-refractivity contribution < 1.29 is 23.1 Å². The fourth-order valence-corrected chi connectivity index (χ4v) is 1.80. The first-order valence-electron chi connectivity index (χ1n) is 4.89. The van der Waals surface area contributed by atoms with Crippen LogP contribution in [0.1, 0.15) is 12.1 Å². The average molecular weight is 249 g/mol. The highest BCUT2D eigenvalue weighted by Gasteiger charge is 2.43. The number of carboxylic acids is 1. The fraction of sp³-hybridized carbons (Fsp3) is 0.556. The molecule has 0 amide bonds. The summed E-state index contributed by atoms with van der Waals surface area (Å²) in [7, 11) is 0. The lowest BCUT2D eigenvalue weighted by Gasteiger charge is -2.41. The molecule has 0 bridgehead atoms. The summed E-state index contributed by atoms with van der Waals surface area (Å²) in [5.74, 6) is -1.06. The summed E-state index contributed by atoms with van der Waals surface area (Å²) in [6, 6.07) is 0.849. The van der Waals surface area contributed by atoms with E-state index in [1.54, 1.807) is 0 Å². The van der Waals surface area contributed by atoms with Gasteiger partial charge in [-0.2, -0.15) is 18.3 Å². The summed E-state index contributed by atoms with van der Waals surface area (Å²) in [4.78, 5) is 10.7. The Morgan fingerprint density at radius 1 is 1.59 bits per heavy atom. The molecule has 2 heterocycles. The molecule has 1 aliphatic rings. The van der Waals surface area contributed by atoms with Crippen molar-refractivity contribution in [2.75, 3.05) is 13.1 Å². The van der Waals surface area contributed by atoms with Crippen LogP contribution in [-0.4, -0.2) is 33.9 Å². The van der Waals surface area contributed by atoms with E-state index >= 15 is 0 Å². The van der Waals surface area contributed by atoms with Gasteiger partial charge in [0.05, 0.1) is 12.0 Å². The lowest BCUT2D eigenvalue weighted by atomic mass is 9.89. The minimum Gasteiger partial charge on any atom is -0.481 e. The second-order valence-electron chi connectivity index (χ2n) is 4.04. The zero-order valence-corrected chi connectivity index (χ0v) is 8.66. The average Bonchev–Trinajstić information content (AvgIpc) is 2.58. The normalized spacial score (nSPS) is 18.8. The number of aromatic nitrogens is 2. The Kier molecular flexibility index (Phi) is 2.61. The van der Waals surface area contributed by atoms with Gasteiger partial charge in [0, 0.05) is 19.3 Å². The van der Waals surface area contributed by atoms with Crippen molar-refractivity contribution in [3.8, 4) is 0 Å². The molecule has 1 aromatic rings. The number of carbonyl (C=O) groups is 1. The van der Waals surface area contributed by atoms with E-state index in [1.807, 2.05) is 0 Å². The zero-order valence-electron chi connectivity index (χ0n) is 8.66. The summed E-state index contributed by atoms with van der Waals surface area (Å²) in [6.45, 7) is 0.608. The van der Waals surface area contributed by atoms with Gasteiger partial charge >= 0.3 is 12.1 Å². The molecule has 1 fully saturated rings. The summed E-state index contributed by atoms with van der Waals surface area (Å²) < 4.78 is 38.2. The number of rotatable bonds is 3. The molecule has 2 N–H and O–H groups in total. The van der Waals surface area contributed by atoms with Crippen LogP contribution in [0.4, 0.5) is 13.2 Å². The van der Waals surface area contributed by atoms with Gasteiger partial charge in [-0.3, -0.25) is 9.48 Å². The number of hydrogen-bond donors (Lipinski definition) is 2. The Morgan fingerprint density at radius 2 is 2.24 bits per heavy atom. The molecular weight excluding hydrogens is 239 g/mol. The minimum atomic E-state index is -4.51. The van der Waals surface area contributed by atoms with Crippen LogP contribution in [-0.2, 0) is 16.5 Å². The van der Waals surface area contributed by atoms with E-state index in [0.29, 0.717) is 13.1 Å². The van der Waals surface area contributed by atoms with Crippen molar-refractivity contribution in [3.05, 3.63) is 18.0 Å². The van der Waals surface area contributed by atoms with Crippen LogP contribution in [0, 0.1) is 0 Å². The van der Waals surface area contributed by atoms with Gasteiger partial charge in [-0.25, -0.2) is 0 Å². The topological polar surface area (TPSA) is 67.1 Å². The highest BCUT2D eigenvalue weighted by molar-refractivity contribution is 5.68. The number of halogens is 3. The smallest absolute Gasteiger partial charge is 0.435 e. The van der Waals surface area contributed by atoms with Gasteiger partial charge in [-0.15, -0.1) is 0 Å². The van der Waals surface area contributed by atoms with Gasteiger partial charge in [0.15, 0.2) is 5.69 Å². The van der Waals surface area contributed by atoms with E-state index in [9.17, 15) is 18.0 Å². The maximum atomic E-state index is 12.4. The van der Waals surface area contributed by atoms with Crippen molar-refractivity contribution in [2.45, 2.75) is 18.1 Å². The molecular formula is C9H10F3N3O2. The molecule has 0 atom stereocenters. The van der Waals surface area contributed by atoms with Crippen molar-refractivity contribution in [1.82, 2.24) is 15.1 Å². The molecule has 0 spiro atoms. The van der Waals surface area contributed by atoms with E-state index < -0.39 is 23.4 Å². The molecule has 0 aliphatic carbocycles. The van der Waals surface area contributed by atoms with Crippen LogP contribution in [0.15, 0.2) is 12.3 Å². The Labute approximate surface area is 94.2 Å². The third kappa shape index (κ3) is 2.12. The van der Waals surface area contributed by atoms with E-state index in [2.05, 4.69) is 10.4 Å². The van der Waals surface area contributed by atoms with Crippen LogP contribution in [0.5, 0.6) is 0 Å². The Morgan fingerprint density at radius 3 is 2.59 bits per heavy atom. The number of hydrogen-bond acceptors (Lipinski definition) is 3. The number of alkyl halides is 3. The van der Waals surface area contributed by atoms with Gasteiger partial charge < -0.3 is 10.4 Å². The molecule has 1 aliphatic heterocycles. The van der Waals surface area contributed by atoms with Crippen LogP contribution in [0.3, 0.4) is 0 Å². The Hall–Kier alpha value is -1.57. The lowest BCUT2D eigenvalue weighted by molar-refractivity contribution is -0.142. The highest BCUT2D eigenvalue weighted by atomic mass is 19.4. The van der Waals surface area contributed by atoms with Crippen LogP contribution < -0.4 is 5.32 Å². The number of nitrogens with zero attached hydrogens (tertiary/aromatic N) is 2. The van der Waals surface area contributed by atoms with Gasteiger partial charge in [-0.05, 0) is 6.07 Å². The molecule has 17 heavy (non-hydrogen) atoms. The predicted octanol–water partition coefficient (Wildman–Crippen LogP) is 0.675. The van der Waals surface area contributed by atoms with E-state index in [4.69, 9.17) is 5.11 Å². The lowest BCUT2D eigenvalue weighted by Crippen LogP contribution is -2.61. The molecule has 0 aromatic carbocycles. The maximum Gasteiger partial charge on any atom is 0.435 e. The quantitative estimate of drug-likeness (QED) is 0.826. The van der Waals surface area contributed by atoms with Crippen molar-refractivity contribution in [1.29, 1.82) is 0 Å². The third-order valence-corrected chi connectivity index (χ3v) is 2.75. The van der Waals surface area contributed by atoms with Gasteiger partial charge in [0.2, 0.25) is 0 Å². The number of aliphatic carboxylic acids is 1. The van der Waals surface area contributed by atoms with Crippen LogP contribution in [0.2, 0.25) is 0 Å². The molecule has 2 rings (SSSR count). The largest absolute Gasteiger partial charge is 0.481 e. The summed E-state index contributed by atoms with van der Waals surface area (Å²) in [5, 5.41) is 15.0. The summed E-state index contributed by atoms with van der Waals surface area (Å²) in [6.07, 6.45) is -3.58. The SMILES string of the molecule is O=C(O)CC1(n2ccc(C(F)(F)F)n2)CNC1. The van der Waals surface area contributed by atoms with Gasteiger partial charge in [0.1, 0.15) is 0 Å². The Balaban J connectivity index is 2.26. The van der Waals surface area contributed by atoms with Gasteiger partial charge in [-0.1, -0.05) is 0 Å². The minimum absolute atomic E-state index is 0.251. The second-order valence-corrected chi connectivity index (χ2v) is 4.04. The number of nitrogens with one attached hydrogen (secondary N) is 1. The first-order valence-corrected chi connectivity index (χ1v) is 4.89. The van der Waals surface area contributed by atoms with E-state index in [1.165, 1.54) is 6.20 Å². The summed E-state index contributed by atoms with van der Waals surface area (Å²) >= 11 is 0. The van der Waals surface area contributed by atoms with Crippen LogP contribution >= 0.6 is 0 Å². The standard InChI is InChI=1S/C9H10F3N3O2/c10-9(11,12)6-1-2-15(14-6)8(3-7(16)17)4-13-5-8/h1-2,13H,3-5H2,(H,16,17). The molecule has 0 saturated carbocycles. The molecule has 1 saturated heterocycles. The molecule has 8 heteroatoms. The zero-order chi connectivity index (χ0) is 12.7. The van der Waals surface area contributed by atoms with Crippen molar-refractivity contribution >= 4 is 5.97 Å². The number of carboxylic acid groups (broad SMARTS) is 1. The fourth-order valence-electron chi connectivity index (χ4n) is 1.80. The van der Waals surface area contributed by atoms with Crippen molar-refractivity contribution in [2.24, 2.45) is 0 Å². The van der Waals surface area contributed by atoms with E-state index in [-0.39, 0.29) is 6.42 Å². The predicted molar refractivity (Wildman–Crippen MR) is 50.3 cm³/mol. The monoisotopic (exact) mass is 249 g/mol. The second kappa shape index (κ2) is 3.73. The molecule has 94 valence electrons. The van der Waals surface area contributed by atoms with E-state index in [0.717, 1.165) is 10.7 Å². The molecule has 0 radical (unpaired) electrons. The van der Waals surface area contributed by atoms with Gasteiger partial charge in [0.25, 0.3) is 0 Å². The molecule has 5 nitrogen and oxygen atoms in total.